The number of hydrogen-bond acceptors (Lipinski definition) is 2. The molecule has 2 aromatic carbocycles. The van der Waals surface area contributed by atoms with Gasteiger partial charge in [-0.3, -0.25) is 4.57 Å². The molecular weight excluding hydrogens is 329 g/mol. The second-order valence-corrected chi connectivity index (χ2v) is 5.03. The molecule has 118 valence electrons. The first kappa shape index (κ1) is 15.4. The number of ether oxygens (including phenoxy) is 1. The number of methoxy groups -OCH3 is 1. The Morgan fingerprint density at radius 1 is 1.04 bits per heavy atom. The van der Waals surface area contributed by atoms with Crippen molar-refractivity contribution >= 4 is 11.6 Å². The number of halogens is 4. The lowest BCUT2D eigenvalue weighted by Crippen LogP contribution is -2.01. The van der Waals surface area contributed by atoms with Crippen LogP contribution in [0.1, 0.15) is 0 Å². The minimum atomic E-state index is -1.03. The van der Waals surface area contributed by atoms with E-state index in [2.05, 4.69) is 4.98 Å². The molecule has 23 heavy (non-hydrogen) atoms. The summed E-state index contributed by atoms with van der Waals surface area (Å²) >= 11 is 6.04. The minimum absolute atomic E-state index is 0.0216. The first-order valence-corrected chi connectivity index (χ1v) is 6.91. The van der Waals surface area contributed by atoms with Crippen molar-refractivity contribution in [3.05, 3.63) is 65.3 Å². The Balaban J connectivity index is 2.20. The van der Waals surface area contributed by atoms with Crippen LogP contribution in [0.4, 0.5) is 13.2 Å². The van der Waals surface area contributed by atoms with Crippen LogP contribution in [0.5, 0.6) is 5.75 Å². The van der Waals surface area contributed by atoms with Crippen LogP contribution in [0, 0.1) is 17.5 Å². The Morgan fingerprint density at radius 3 is 2.22 bits per heavy atom. The van der Waals surface area contributed by atoms with E-state index < -0.39 is 23.0 Å². The third-order valence-corrected chi connectivity index (χ3v) is 3.58. The zero-order chi connectivity index (χ0) is 16.6. The van der Waals surface area contributed by atoms with E-state index in [0.717, 1.165) is 0 Å². The summed E-state index contributed by atoms with van der Waals surface area (Å²) in [6.07, 6.45) is 1.23. The highest BCUT2D eigenvalue weighted by Crippen LogP contribution is 2.32. The second-order valence-electron chi connectivity index (χ2n) is 4.69. The van der Waals surface area contributed by atoms with E-state index in [1.165, 1.54) is 17.9 Å². The van der Waals surface area contributed by atoms with Gasteiger partial charge in [0.05, 0.1) is 24.6 Å². The van der Waals surface area contributed by atoms with Gasteiger partial charge in [-0.05, 0) is 35.9 Å². The molecule has 0 aliphatic heterocycles. The molecule has 0 radical (unpaired) electrons. The van der Waals surface area contributed by atoms with Gasteiger partial charge in [0.15, 0.2) is 0 Å². The van der Waals surface area contributed by atoms with E-state index in [0.29, 0.717) is 23.6 Å². The lowest BCUT2D eigenvalue weighted by Gasteiger charge is -2.11. The van der Waals surface area contributed by atoms with Crippen molar-refractivity contribution in [2.45, 2.75) is 0 Å². The number of imidazole rings is 1. The van der Waals surface area contributed by atoms with Gasteiger partial charge in [0, 0.05) is 17.8 Å². The van der Waals surface area contributed by atoms with Gasteiger partial charge in [-0.2, -0.15) is 0 Å². The molecule has 0 aliphatic carbocycles. The smallest absolute Gasteiger partial charge is 0.207 e. The van der Waals surface area contributed by atoms with Gasteiger partial charge in [-0.1, -0.05) is 0 Å². The molecular formula is C16H10ClF3N2O. The molecule has 0 spiro atoms. The third kappa shape index (κ3) is 2.77. The highest BCUT2D eigenvalue weighted by molar-refractivity contribution is 6.29. The van der Waals surface area contributed by atoms with Crippen LogP contribution in [-0.4, -0.2) is 16.7 Å². The van der Waals surface area contributed by atoms with E-state index in [1.807, 2.05) is 0 Å². The lowest BCUT2D eigenvalue weighted by atomic mass is 10.1. The summed E-state index contributed by atoms with van der Waals surface area (Å²) in [5, 5.41) is 0.0216. The van der Waals surface area contributed by atoms with Crippen LogP contribution in [0.25, 0.3) is 16.9 Å². The van der Waals surface area contributed by atoms with Gasteiger partial charge in [-0.15, -0.1) is 0 Å². The molecule has 1 aromatic heterocycles. The molecule has 0 fully saturated rings. The van der Waals surface area contributed by atoms with Gasteiger partial charge >= 0.3 is 0 Å². The summed E-state index contributed by atoms with van der Waals surface area (Å²) in [5.41, 5.74) is 0.211. The summed E-state index contributed by atoms with van der Waals surface area (Å²) in [6.45, 7) is 0. The van der Waals surface area contributed by atoms with Crippen molar-refractivity contribution in [3.8, 4) is 22.7 Å². The fourth-order valence-corrected chi connectivity index (χ4v) is 2.51. The number of aromatic nitrogens is 2. The Bertz CT molecular complexity index is 839. The van der Waals surface area contributed by atoms with Crippen LogP contribution in [-0.2, 0) is 0 Å². The molecule has 0 unspecified atom stereocenters. The predicted octanol–water partition coefficient (Wildman–Crippen LogP) is 4.62. The largest absolute Gasteiger partial charge is 0.497 e. The minimum Gasteiger partial charge on any atom is -0.497 e. The van der Waals surface area contributed by atoms with E-state index in [1.54, 1.807) is 24.3 Å². The van der Waals surface area contributed by atoms with Crippen molar-refractivity contribution in [2.24, 2.45) is 0 Å². The molecule has 3 rings (SSSR count). The summed E-state index contributed by atoms with van der Waals surface area (Å²) in [5.74, 6) is -2.45. The van der Waals surface area contributed by atoms with Crippen LogP contribution in [0.15, 0.2) is 42.6 Å². The summed E-state index contributed by atoms with van der Waals surface area (Å²) < 4.78 is 47.6. The van der Waals surface area contributed by atoms with Gasteiger partial charge in [0.1, 0.15) is 23.2 Å². The molecule has 3 nitrogen and oxygen atoms in total. The second kappa shape index (κ2) is 5.96. The molecule has 0 amide bonds. The predicted molar refractivity (Wildman–Crippen MR) is 80.4 cm³/mol. The number of benzene rings is 2. The standard InChI is InChI=1S/C16H10ClF3N2O/c1-23-11-4-2-10(3-5-11)22-14(8-21-16(22)17)15-12(19)6-9(18)7-13(15)20/h2-8H,1H3. The zero-order valence-corrected chi connectivity index (χ0v) is 12.6. The number of rotatable bonds is 3. The van der Waals surface area contributed by atoms with Gasteiger partial charge in [0.2, 0.25) is 5.28 Å². The number of nitrogens with zero attached hydrogens (tertiary/aromatic N) is 2. The van der Waals surface area contributed by atoms with Crippen LogP contribution in [0.3, 0.4) is 0 Å². The summed E-state index contributed by atoms with van der Waals surface area (Å²) in [7, 11) is 1.52. The first-order valence-electron chi connectivity index (χ1n) is 6.54. The maximum absolute atomic E-state index is 14.0. The van der Waals surface area contributed by atoms with Gasteiger partial charge < -0.3 is 4.74 Å². The van der Waals surface area contributed by atoms with Crippen molar-refractivity contribution in [2.75, 3.05) is 7.11 Å². The molecule has 0 aliphatic rings. The Kier molecular flexibility index (Phi) is 4.00. The monoisotopic (exact) mass is 338 g/mol. The molecule has 3 aromatic rings. The van der Waals surface area contributed by atoms with Crippen molar-refractivity contribution in [3.63, 3.8) is 0 Å². The number of hydrogen-bond donors (Lipinski definition) is 0. The quantitative estimate of drug-likeness (QED) is 0.697. The SMILES string of the molecule is COc1ccc(-n2c(-c3c(F)cc(F)cc3F)cnc2Cl)cc1. The first-order chi connectivity index (χ1) is 11.0. The lowest BCUT2D eigenvalue weighted by molar-refractivity contribution is 0.414. The molecule has 7 heteroatoms. The fourth-order valence-electron chi connectivity index (χ4n) is 2.27. The van der Waals surface area contributed by atoms with E-state index >= 15 is 0 Å². The average Bonchev–Trinajstić information content (AvgIpc) is 2.88. The van der Waals surface area contributed by atoms with E-state index in [9.17, 15) is 13.2 Å². The van der Waals surface area contributed by atoms with Crippen LogP contribution >= 0.6 is 11.6 Å². The van der Waals surface area contributed by atoms with Crippen LogP contribution in [0.2, 0.25) is 5.28 Å². The van der Waals surface area contributed by atoms with Crippen molar-refractivity contribution in [1.82, 2.24) is 9.55 Å². The topological polar surface area (TPSA) is 27.1 Å². The zero-order valence-electron chi connectivity index (χ0n) is 11.9. The third-order valence-electron chi connectivity index (χ3n) is 3.31. The molecule has 0 saturated carbocycles. The van der Waals surface area contributed by atoms with Gasteiger partial charge in [0.25, 0.3) is 0 Å². The fraction of sp³-hybridized carbons (Fsp3) is 0.0625. The molecule has 0 saturated heterocycles. The Hall–Kier alpha value is -2.47. The van der Waals surface area contributed by atoms with Gasteiger partial charge in [-0.25, -0.2) is 18.2 Å². The Labute approximate surface area is 134 Å². The highest BCUT2D eigenvalue weighted by atomic mass is 35.5. The Morgan fingerprint density at radius 2 is 1.65 bits per heavy atom. The molecule has 0 bridgehead atoms. The van der Waals surface area contributed by atoms with E-state index in [4.69, 9.17) is 16.3 Å². The van der Waals surface area contributed by atoms with E-state index in [-0.39, 0.29) is 11.0 Å². The molecule has 0 atom stereocenters. The van der Waals surface area contributed by atoms with Crippen LogP contribution < -0.4 is 4.74 Å². The maximum Gasteiger partial charge on any atom is 0.207 e. The normalized spacial score (nSPS) is 10.8. The average molecular weight is 339 g/mol. The highest BCUT2D eigenvalue weighted by Gasteiger charge is 2.20. The molecule has 1 heterocycles. The maximum atomic E-state index is 14.0. The molecule has 0 N–H and O–H groups in total. The van der Waals surface area contributed by atoms with Crippen molar-refractivity contribution < 1.29 is 17.9 Å². The summed E-state index contributed by atoms with van der Waals surface area (Å²) in [6, 6.07) is 7.89. The van der Waals surface area contributed by atoms with Crippen molar-refractivity contribution in [1.29, 1.82) is 0 Å². The summed E-state index contributed by atoms with van der Waals surface area (Å²) in [4.78, 5) is 3.89.